The van der Waals surface area contributed by atoms with Crippen LogP contribution < -0.4 is 0 Å². The smallest absolute Gasteiger partial charge is 0.222 e. The molecular formula is C24H45NO2. The number of hydrogen-bond acceptors (Lipinski definition) is 2. The van der Waals surface area contributed by atoms with E-state index >= 15 is 0 Å². The van der Waals surface area contributed by atoms with Gasteiger partial charge in [-0.3, -0.25) is 4.79 Å². The summed E-state index contributed by atoms with van der Waals surface area (Å²) in [5.74, 6) is 0.314. The summed E-state index contributed by atoms with van der Waals surface area (Å²) in [6.07, 6.45) is 22.6. The van der Waals surface area contributed by atoms with Gasteiger partial charge < -0.3 is 9.64 Å². The van der Waals surface area contributed by atoms with Crippen LogP contribution in [0.3, 0.4) is 0 Å². The van der Waals surface area contributed by atoms with Gasteiger partial charge in [-0.2, -0.15) is 0 Å². The molecule has 0 aromatic heterocycles. The van der Waals surface area contributed by atoms with E-state index in [2.05, 4.69) is 32.9 Å². The van der Waals surface area contributed by atoms with Crippen molar-refractivity contribution in [1.29, 1.82) is 0 Å². The number of nitrogens with zero attached hydrogens (tertiary/aromatic N) is 1. The molecule has 1 rings (SSSR count). The lowest BCUT2D eigenvalue weighted by Crippen LogP contribution is -2.48. The van der Waals surface area contributed by atoms with Gasteiger partial charge in [0.05, 0.1) is 12.2 Å². The van der Waals surface area contributed by atoms with Crippen molar-refractivity contribution in [3.8, 4) is 0 Å². The number of carbonyl (C=O) groups is 1. The summed E-state index contributed by atoms with van der Waals surface area (Å²) in [5.41, 5.74) is 0. The van der Waals surface area contributed by atoms with E-state index in [0.717, 1.165) is 19.5 Å². The number of morpholine rings is 1. The van der Waals surface area contributed by atoms with Crippen LogP contribution in [0.4, 0.5) is 0 Å². The zero-order valence-electron chi connectivity index (χ0n) is 18.4. The zero-order chi connectivity index (χ0) is 19.7. The first-order valence-corrected chi connectivity index (χ1v) is 11.7. The first-order chi connectivity index (χ1) is 13.1. The predicted molar refractivity (Wildman–Crippen MR) is 116 cm³/mol. The molecule has 2 unspecified atom stereocenters. The Balaban J connectivity index is 1.87. The van der Waals surface area contributed by atoms with Crippen molar-refractivity contribution >= 4 is 5.91 Å². The fraction of sp³-hybridized carbons (Fsp3) is 0.875. The highest BCUT2D eigenvalue weighted by Gasteiger charge is 2.25. The average Bonchev–Trinajstić information content (AvgIpc) is 2.64. The molecular weight excluding hydrogens is 334 g/mol. The van der Waals surface area contributed by atoms with Crippen molar-refractivity contribution in [3.63, 3.8) is 0 Å². The van der Waals surface area contributed by atoms with Gasteiger partial charge in [-0.1, -0.05) is 70.4 Å². The molecule has 158 valence electrons. The van der Waals surface area contributed by atoms with E-state index in [1.165, 1.54) is 77.0 Å². The highest BCUT2D eigenvalue weighted by molar-refractivity contribution is 5.76. The van der Waals surface area contributed by atoms with Crippen LogP contribution in [0.25, 0.3) is 0 Å². The number of rotatable bonds is 15. The standard InChI is InChI=1S/C24H45NO2/c1-4-5-6-7-8-9-10-11-12-13-14-15-16-17-18-19-24(26)25-20-22(2)27-23(3)21-25/h11-12,22-23H,4-10,13-21H2,1-3H3/b12-11+. The fourth-order valence-corrected chi connectivity index (χ4v) is 3.89. The number of hydrogen-bond donors (Lipinski definition) is 0. The SMILES string of the molecule is CCCCCCCC/C=C/CCCCCCCC(=O)N1CC(C)OC(C)C1. The predicted octanol–water partition coefficient (Wildman–Crippen LogP) is 6.66. The summed E-state index contributed by atoms with van der Waals surface area (Å²) >= 11 is 0. The van der Waals surface area contributed by atoms with E-state index in [0.29, 0.717) is 12.3 Å². The van der Waals surface area contributed by atoms with Gasteiger partial charge in [-0.15, -0.1) is 0 Å². The topological polar surface area (TPSA) is 29.5 Å². The third-order valence-electron chi connectivity index (χ3n) is 5.42. The van der Waals surface area contributed by atoms with Gasteiger partial charge in [0, 0.05) is 19.5 Å². The Hall–Kier alpha value is -0.830. The molecule has 0 aromatic carbocycles. The normalized spacial score (nSPS) is 20.5. The lowest BCUT2D eigenvalue weighted by Gasteiger charge is -2.35. The molecule has 1 aliphatic heterocycles. The monoisotopic (exact) mass is 379 g/mol. The number of amides is 1. The van der Waals surface area contributed by atoms with Crippen LogP contribution in [-0.4, -0.2) is 36.1 Å². The first-order valence-electron chi connectivity index (χ1n) is 11.7. The molecule has 1 aliphatic rings. The van der Waals surface area contributed by atoms with Crippen LogP contribution in [0.15, 0.2) is 12.2 Å². The van der Waals surface area contributed by atoms with E-state index in [9.17, 15) is 4.79 Å². The van der Waals surface area contributed by atoms with Crippen LogP contribution in [0.5, 0.6) is 0 Å². The molecule has 1 heterocycles. The van der Waals surface area contributed by atoms with Crippen molar-refractivity contribution in [2.45, 2.75) is 123 Å². The Morgan fingerprint density at radius 1 is 0.815 bits per heavy atom. The van der Waals surface area contributed by atoms with E-state index in [1.54, 1.807) is 0 Å². The van der Waals surface area contributed by atoms with Crippen molar-refractivity contribution in [2.75, 3.05) is 13.1 Å². The average molecular weight is 380 g/mol. The molecule has 0 bridgehead atoms. The van der Waals surface area contributed by atoms with Crippen molar-refractivity contribution in [1.82, 2.24) is 4.90 Å². The van der Waals surface area contributed by atoms with Gasteiger partial charge in [-0.25, -0.2) is 0 Å². The molecule has 0 saturated carbocycles. The lowest BCUT2D eigenvalue weighted by atomic mass is 10.1. The third-order valence-corrected chi connectivity index (χ3v) is 5.42. The molecule has 0 spiro atoms. The minimum Gasteiger partial charge on any atom is -0.372 e. The van der Waals surface area contributed by atoms with Gasteiger partial charge in [0.1, 0.15) is 0 Å². The molecule has 3 heteroatoms. The summed E-state index contributed by atoms with van der Waals surface area (Å²) in [6.45, 7) is 7.90. The Morgan fingerprint density at radius 2 is 1.30 bits per heavy atom. The fourth-order valence-electron chi connectivity index (χ4n) is 3.89. The minimum absolute atomic E-state index is 0.173. The van der Waals surface area contributed by atoms with E-state index in [1.807, 2.05) is 4.90 Å². The molecule has 3 nitrogen and oxygen atoms in total. The molecule has 0 aliphatic carbocycles. The largest absolute Gasteiger partial charge is 0.372 e. The quantitative estimate of drug-likeness (QED) is 0.235. The maximum Gasteiger partial charge on any atom is 0.222 e. The third kappa shape index (κ3) is 13.1. The van der Waals surface area contributed by atoms with E-state index < -0.39 is 0 Å². The van der Waals surface area contributed by atoms with Crippen molar-refractivity contribution in [2.24, 2.45) is 0 Å². The molecule has 0 N–H and O–H groups in total. The molecule has 27 heavy (non-hydrogen) atoms. The van der Waals surface area contributed by atoms with Gasteiger partial charge in [0.15, 0.2) is 0 Å². The number of carbonyl (C=O) groups excluding carboxylic acids is 1. The lowest BCUT2D eigenvalue weighted by molar-refractivity contribution is -0.143. The van der Waals surface area contributed by atoms with Gasteiger partial charge in [-0.05, 0) is 46.0 Å². The second-order valence-electron chi connectivity index (χ2n) is 8.39. The van der Waals surface area contributed by atoms with Crippen LogP contribution >= 0.6 is 0 Å². The summed E-state index contributed by atoms with van der Waals surface area (Å²) < 4.78 is 5.70. The summed E-state index contributed by atoms with van der Waals surface area (Å²) in [6, 6.07) is 0. The number of unbranched alkanes of at least 4 members (excludes halogenated alkanes) is 11. The highest BCUT2D eigenvalue weighted by atomic mass is 16.5. The molecule has 1 fully saturated rings. The molecule has 1 amide bonds. The Morgan fingerprint density at radius 3 is 1.85 bits per heavy atom. The second-order valence-corrected chi connectivity index (χ2v) is 8.39. The molecule has 0 radical (unpaired) electrons. The van der Waals surface area contributed by atoms with E-state index in [-0.39, 0.29) is 12.2 Å². The van der Waals surface area contributed by atoms with Crippen LogP contribution in [0.1, 0.15) is 111 Å². The van der Waals surface area contributed by atoms with Gasteiger partial charge in [0.25, 0.3) is 0 Å². The Kier molecular flexibility index (Phi) is 14.5. The van der Waals surface area contributed by atoms with Crippen molar-refractivity contribution in [3.05, 3.63) is 12.2 Å². The van der Waals surface area contributed by atoms with Crippen LogP contribution in [-0.2, 0) is 9.53 Å². The molecule has 1 saturated heterocycles. The molecule has 2 atom stereocenters. The summed E-state index contributed by atoms with van der Waals surface area (Å²) in [5, 5.41) is 0. The number of ether oxygens (including phenoxy) is 1. The molecule has 0 aromatic rings. The minimum atomic E-state index is 0.173. The summed E-state index contributed by atoms with van der Waals surface area (Å²) in [7, 11) is 0. The van der Waals surface area contributed by atoms with Gasteiger partial charge >= 0.3 is 0 Å². The second kappa shape index (κ2) is 16.2. The van der Waals surface area contributed by atoms with E-state index in [4.69, 9.17) is 4.74 Å². The van der Waals surface area contributed by atoms with Crippen LogP contribution in [0, 0.1) is 0 Å². The van der Waals surface area contributed by atoms with Crippen molar-refractivity contribution < 1.29 is 9.53 Å². The maximum atomic E-state index is 12.3. The summed E-state index contributed by atoms with van der Waals surface area (Å²) in [4.78, 5) is 14.3. The number of allylic oxidation sites excluding steroid dienone is 2. The van der Waals surface area contributed by atoms with Crippen LogP contribution in [0.2, 0.25) is 0 Å². The zero-order valence-corrected chi connectivity index (χ0v) is 18.4. The Bertz CT molecular complexity index is 384. The first kappa shape index (κ1) is 24.2. The maximum absolute atomic E-state index is 12.3. The highest BCUT2D eigenvalue weighted by Crippen LogP contribution is 2.14. The Labute approximate surface area is 168 Å². The van der Waals surface area contributed by atoms with Gasteiger partial charge in [0.2, 0.25) is 5.91 Å².